The molecule has 3 nitrogen and oxygen atoms in total. The molecule has 0 bridgehead atoms. The van der Waals surface area contributed by atoms with Crippen molar-refractivity contribution in [3.63, 3.8) is 0 Å². The first kappa shape index (κ1) is 13.1. The molecular weight excluding hydrogens is 257 g/mol. The van der Waals surface area contributed by atoms with Crippen molar-refractivity contribution in [3.05, 3.63) is 28.0 Å². The monoisotopic (exact) mass is 273 g/mol. The van der Waals surface area contributed by atoms with Crippen LogP contribution in [0.5, 0.6) is 0 Å². The Bertz CT molecular complexity index is 378. The zero-order valence-corrected chi connectivity index (χ0v) is 11.4. The summed E-state index contributed by atoms with van der Waals surface area (Å²) < 4.78 is 0. The number of nitrogens with one attached hydrogen (secondary N) is 1. The van der Waals surface area contributed by atoms with Gasteiger partial charge in [0.15, 0.2) is 0 Å². The van der Waals surface area contributed by atoms with E-state index in [1.54, 1.807) is 0 Å². The van der Waals surface area contributed by atoms with E-state index in [2.05, 4.69) is 22.1 Å². The van der Waals surface area contributed by atoms with Crippen LogP contribution in [-0.2, 0) is 0 Å². The van der Waals surface area contributed by atoms with Gasteiger partial charge in [-0.05, 0) is 12.5 Å². The van der Waals surface area contributed by atoms with Crippen molar-refractivity contribution >= 4 is 23.2 Å². The lowest BCUT2D eigenvalue weighted by atomic mass is 10.0. The minimum atomic E-state index is 0.342. The highest BCUT2D eigenvalue weighted by Crippen LogP contribution is 2.30. The lowest BCUT2D eigenvalue weighted by molar-refractivity contribution is 0.169. The number of rotatable bonds is 3. The largest absolute Gasteiger partial charge is 0.314 e. The molecule has 1 N–H and O–H groups in total. The van der Waals surface area contributed by atoms with Crippen LogP contribution in [0.15, 0.2) is 12.1 Å². The van der Waals surface area contributed by atoms with Crippen molar-refractivity contribution in [2.24, 2.45) is 0 Å². The number of aromatic nitrogens is 1. The van der Waals surface area contributed by atoms with E-state index in [4.69, 9.17) is 23.2 Å². The molecule has 1 fully saturated rings. The van der Waals surface area contributed by atoms with Crippen LogP contribution in [0.2, 0.25) is 10.3 Å². The molecule has 5 heteroatoms. The molecule has 1 saturated heterocycles. The zero-order chi connectivity index (χ0) is 12.3. The van der Waals surface area contributed by atoms with E-state index in [0.717, 1.165) is 38.2 Å². The van der Waals surface area contributed by atoms with Crippen LogP contribution in [0.25, 0.3) is 0 Å². The average Bonchev–Trinajstić information content (AvgIpc) is 2.34. The molecule has 1 aliphatic heterocycles. The first-order chi connectivity index (χ1) is 8.22. The second-order valence-electron chi connectivity index (χ2n) is 4.22. The SMILES string of the molecule is CC[C@@H](c1ccc(Cl)nc1Cl)N1CCNCC1. The summed E-state index contributed by atoms with van der Waals surface area (Å²) in [5.74, 6) is 0. The van der Waals surface area contributed by atoms with Gasteiger partial charge in [0.25, 0.3) is 0 Å². The summed E-state index contributed by atoms with van der Waals surface area (Å²) in [7, 11) is 0. The number of halogens is 2. The quantitative estimate of drug-likeness (QED) is 0.859. The highest BCUT2D eigenvalue weighted by Gasteiger charge is 2.22. The van der Waals surface area contributed by atoms with Gasteiger partial charge in [-0.3, -0.25) is 4.90 Å². The standard InChI is InChI=1S/C12H17Cl2N3/c1-2-10(17-7-5-15-6-8-17)9-3-4-11(13)16-12(9)14/h3-4,10,15H,2,5-8H2,1H3/t10-/m0/s1. The Kier molecular flexibility index (Phi) is 4.62. The molecule has 1 aliphatic rings. The molecule has 94 valence electrons. The smallest absolute Gasteiger partial charge is 0.135 e. The van der Waals surface area contributed by atoms with Crippen molar-refractivity contribution in [2.45, 2.75) is 19.4 Å². The lowest BCUT2D eigenvalue weighted by Gasteiger charge is -2.34. The molecule has 2 rings (SSSR count). The van der Waals surface area contributed by atoms with Gasteiger partial charge < -0.3 is 5.32 Å². The van der Waals surface area contributed by atoms with E-state index in [1.165, 1.54) is 0 Å². The second kappa shape index (κ2) is 6.01. The number of nitrogens with zero attached hydrogens (tertiary/aromatic N) is 2. The Morgan fingerprint density at radius 2 is 2.06 bits per heavy atom. The van der Waals surface area contributed by atoms with Gasteiger partial charge in [-0.25, -0.2) is 4.98 Å². The lowest BCUT2D eigenvalue weighted by Crippen LogP contribution is -2.45. The summed E-state index contributed by atoms with van der Waals surface area (Å²) in [4.78, 5) is 6.58. The van der Waals surface area contributed by atoms with Gasteiger partial charge in [0.05, 0.1) is 0 Å². The Morgan fingerprint density at radius 3 is 2.65 bits per heavy atom. The van der Waals surface area contributed by atoms with Crippen LogP contribution in [0.1, 0.15) is 24.9 Å². The van der Waals surface area contributed by atoms with E-state index in [-0.39, 0.29) is 0 Å². The van der Waals surface area contributed by atoms with Crippen molar-refractivity contribution in [1.82, 2.24) is 15.2 Å². The maximum absolute atomic E-state index is 6.18. The maximum atomic E-state index is 6.18. The van der Waals surface area contributed by atoms with E-state index in [0.29, 0.717) is 16.3 Å². The number of hydrogen-bond acceptors (Lipinski definition) is 3. The van der Waals surface area contributed by atoms with Crippen LogP contribution in [0.4, 0.5) is 0 Å². The normalized spacial score (nSPS) is 19.2. The zero-order valence-electron chi connectivity index (χ0n) is 9.92. The highest BCUT2D eigenvalue weighted by molar-refractivity contribution is 6.32. The molecule has 1 aromatic heterocycles. The third-order valence-corrected chi connectivity index (χ3v) is 3.69. The molecular formula is C12H17Cl2N3. The third-order valence-electron chi connectivity index (χ3n) is 3.18. The molecule has 0 saturated carbocycles. The second-order valence-corrected chi connectivity index (χ2v) is 4.97. The van der Waals surface area contributed by atoms with E-state index >= 15 is 0 Å². The molecule has 0 amide bonds. The molecule has 17 heavy (non-hydrogen) atoms. The van der Waals surface area contributed by atoms with Crippen molar-refractivity contribution < 1.29 is 0 Å². The number of piperazine rings is 1. The van der Waals surface area contributed by atoms with Crippen molar-refractivity contribution in [2.75, 3.05) is 26.2 Å². The molecule has 0 radical (unpaired) electrons. The molecule has 0 unspecified atom stereocenters. The fourth-order valence-corrected chi connectivity index (χ4v) is 2.81. The Labute approximate surface area is 112 Å². The fourth-order valence-electron chi connectivity index (χ4n) is 2.34. The average molecular weight is 274 g/mol. The van der Waals surface area contributed by atoms with Crippen LogP contribution >= 0.6 is 23.2 Å². The van der Waals surface area contributed by atoms with Crippen LogP contribution in [0, 0.1) is 0 Å². The van der Waals surface area contributed by atoms with Gasteiger partial charge in [0.2, 0.25) is 0 Å². The number of pyridine rings is 1. The molecule has 0 aliphatic carbocycles. The van der Waals surface area contributed by atoms with E-state index in [9.17, 15) is 0 Å². The Morgan fingerprint density at radius 1 is 1.35 bits per heavy atom. The van der Waals surface area contributed by atoms with Crippen molar-refractivity contribution in [1.29, 1.82) is 0 Å². The van der Waals surface area contributed by atoms with Gasteiger partial charge in [0.1, 0.15) is 10.3 Å². The summed E-state index contributed by atoms with van der Waals surface area (Å²) in [6.45, 7) is 6.36. The summed E-state index contributed by atoms with van der Waals surface area (Å²) in [6, 6.07) is 4.15. The maximum Gasteiger partial charge on any atom is 0.135 e. The van der Waals surface area contributed by atoms with Crippen LogP contribution in [-0.4, -0.2) is 36.1 Å². The molecule has 1 atom stereocenters. The van der Waals surface area contributed by atoms with Gasteiger partial charge in [-0.1, -0.05) is 36.2 Å². The van der Waals surface area contributed by atoms with Gasteiger partial charge in [0, 0.05) is 37.8 Å². The van der Waals surface area contributed by atoms with E-state index in [1.807, 2.05) is 12.1 Å². The highest BCUT2D eigenvalue weighted by atomic mass is 35.5. The molecule has 1 aromatic rings. The molecule has 2 heterocycles. The number of hydrogen-bond donors (Lipinski definition) is 1. The minimum absolute atomic E-state index is 0.342. The predicted molar refractivity (Wildman–Crippen MR) is 71.7 cm³/mol. The summed E-state index contributed by atoms with van der Waals surface area (Å²) in [5.41, 5.74) is 1.08. The summed E-state index contributed by atoms with van der Waals surface area (Å²) in [6.07, 6.45) is 1.03. The first-order valence-electron chi connectivity index (χ1n) is 5.99. The van der Waals surface area contributed by atoms with Crippen LogP contribution in [0.3, 0.4) is 0 Å². The third kappa shape index (κ3) is 3.10. The van der Waals surface area contributed by atoms with E-state index < -0.39 is 0 Å². The molecule has 0 aromatic carbocycles. The molecule has 0 spiro atoms. The fraction of sp³-hybridized carbons (Fsp3) is 0.583. The Hall–Kier alpha value is -0.350. The summed E-state index contributed by atoms with van der Waals surface area (Å²) in [5, 5.41) is 4.34. The topological polar surface area (TPSA) is 28.2 Å². The summed E-state index contributed by atoms with van der Waals surface area (Å²) >= 11 is 12.0. The van der Waals surface area contributed by atoms with Crippen LogP contribution < -0.4 is 5.32 Å². The van der Waals surface area contributed by atoms with Gasteiger partial charge in [-0.15, -0.1) is 0 Å². The van der Waals surface area contributed by atoms with Gasteiger partial charge in [-0.2, -0.15) is 0 Å². The minimum Gasteiger partial charge on any atom is -0.314 e. The van der Waals surface area contributed by atoms with Gasteiger partial charge >= 0.3 is 0 Å². The Balaban J connectivity index is 2.21. The first-order valence-corrected chi connectivity index (χ1v) is 6.74. The predicted octanol–water partition coefficient (Wildman–Crippen LogP) is 2.74. The van der Waals surface area contributed by atoms with Crippen molar-refractivity contribution in [3.8, 4) is 0 Å².